The topological polar surface area (TPSA) is 113 Å². The van der Waals surface area contributed by atoms with Gasteiger partial charge in [-0.15, -0.1) is 0 Å². The van der Waals surface area contributed by atoms with Gasteiger partial charge in [-0.05, 0) is 34.6 Å². The summed E-state index contributed by atoms with van der Waals surface area (Å²) >= 11 is 0. The van der Waals surface area contributed by atoms with E-state index in [0.717, 1.165) is 5.69 Å². The summed E-state index contributed by atoms with van der Waals surface area (Å²) in [5.74, 6) is 1.23. The van der Waals surface area contributed by atoms with Crippen LogP contribution in [0.4, 0.5) is 17.3 Å². The molecule has 1 saturated heterocycles. The summed E-state index contributed by atoms with van der Waals surface area (Å²) in [5, 5.41) is 19.6. The Kier molecular flexibility index (Phi) is 3.64. The number of nitrogens with zero attached hydrogens (tertiary/aromatic N) is 6. The monoisotopic (exact) mass is 323 g/mol. The van der Waals surface area contributed by atoms with E-state index in [0.29, 0.717) is 54.8 Å². The molecule has 0 atom stereocenters. The van der Waals surface area contributed by atoms with Crippen LogP contribution >= 0.6 is 0 Å². The van der Waals surface area contributed by atoms with Gasteiger partial charge in [0.05, 0.1) is 24.8 Å². The first-order valence-corrected chi connectivity index (χ1v) is 7.44. The summed E-state index contributed by atoms with van der Waals surface area (Å²) in [7, 11) is 0. The van der Waals surface area contributed by atoms with Gasteiger partial charge in [0.2, 0.25) is 11.3 Å². The van der Waals surface area contributed by atoms with Crippen LogP contribution in [0.2, 0.25) is 0 Å². The largest absolute Gasteiger partial charge is 0.378 e. The predicted molar refractivity (Wildman–Crippen MR) is 84.9 cm³/mol. The van der Waals surface area contributed by atoms with E-state index >= 15 is 0 Å². The molecule has 9 heteroatoms. The summed E-state index contributed by atoms with van der Waals surface area (Å²) < 4.78 is 10.1. The minimum absolute atomic E-state index is 0.336. The molecule has 120 valence electrons. The Balaban J connectivity index is 1.72. The summed E-state index contributed by atoms with van der Waals surface area (Å²) in [4.78, 5) is 11.1. The molecule has 24 heavy (non-hydrogen) atoms. The van der Waals surface area contributed by atoms with E-state index in [9.17, 15) is 0 Å². The zero-order valence-corrected chi connectivity index (χ0v) is 12.6. The molecule has 0 amide bonds. The Labute approximate surface area is 136 Å². The first-order chi connectivity index (χ1) is 11.8. The van der Waals surface area contributed by atoms with Crippen LogP contribution in [0.25, 0.3) is 11.3 Å². The molecule has 1 fully saturated rings. The Hall–Kier alpha value is -3.25. The average Bonchev–Trinajstić information content (AvgIpc) is 3.10. The Morgan fingerprint density at radius 3 is 2.46 bits per heavy atom. The number of rotatable bonds is 3. The first kappa shape index (κ1) is 14.3. The molecule has 0 aliphatic carbocycles. The second kappa shape index (κ2) is 6.10. The Morgan fingerprint density at radius 2 is 1.75 bits per heavy atom. The van der Waals surface area contributed by atoms with Gasteiger partial charge in [-0.1, -0.05) is 0 Å². The van der Waals surface area contributed by atoms with Crippen LogP contribution in [0.3, 0.4) is 0 Å². The number of anilines is 3. The van der Waals surface area contributed by atoms with Crippen LogP contribution in [-0.4, -0.2) is 46.6 Å². The van der Waals surface area contributed by atoms with Gasteiger partial charge in [-0.25, -0.2) is 14.6 Å². The fourth-order valence-corrected chi connectivity index (χ4v) is 2.47. The lowest BCUT2D eigenvalue weighted by molar-refractivity contribution is 0.122. The van der Waals surface area contributed by atoms with Gasteiger partial charge in [0.1, 0.15) is 0 Å². The molecular weight excluding hydrogens is 310 g/mol. The molecular formula is C15H13N7O2. The summed E-state index contributed by atoms with van der Waals surface area (Å²) in [5.41, 5.74) is 2.09. The number of nitrogens with one attached hydrogen (secondary N) is 1. The standard InChI is InChI=1S/C15H13N7O2/c16-9-10-1-3-11(4-2-10)17-14-15(22-5-7-23-8-6-22)19-13-12(18-14)20-24-21-13/h1-4H,5-8H2,(H,17,18,20). The molecule has 0 bridgehead atoms. The first-order valence-electron chi connectivity index (χ1n) is 7.44. The number of benzene rings is 1. The molecule has 3 aromatic rings. The van der Waals surface area contributed by atoms with Gasteiger partial charge < -0.3 is 15.0 Å². The van der Waals surface area contributed by atoms with Crippen molar-refractivity contribution in [2.75, 3.05) is 36.5 Å². The van der Waals surface area contributed by atoms with Gasteiger partial charge in [-0.2, -0.15) is 5.26 Å². The summed E-state index contributed by atoms with van der Waals surface area (Å²) in [6, 6.07) is 9.19. The molecule has 0 unspecified atom stereocenters. The van der Waals surface area contributed by atoms with Crippen molar-refractivity contribution in [1.82, 2.24) is 20.3 Å². The molecule has 3 heterocycles. The second-order valence-electron chi connectivity index (χ2n) is 5.22. The number of hydrogen-bond donors (Lipinski definition) is 1. The van der Waals surface area contributed by atoms with Crippen molar-refractivity contribution >= 4 is 28.6 Å². The second-order valence-corrected chi connectivity index (χ2v) is 5.22. The summed E-state index contributed by atoms with van der Waals surface area (Å²) in [6.07, 6.45) is 0. The summed E-state index contributed by atoms with van der Waals surface area (Å²) in [6.45, 7) is 2.70. The smallest absolute Gasteiger partial charge is 0.245 e. The van der Waals surface area contributed by atoms with Gasteiger partial charge in [0.25, 0.3) is 0 Å². The van der Waals surface area contributed by atoms with E-state index in [1.165, 1.54) is 0 Å². The lowest BCUT2D eigenvalue weighted by Gasteiger charge is -2.28. The van der Waals surface area contributed by atoms with Crippen molar-refractivity contribution in [2.24, 2.45) is 0 Å². The van der Waals surface area contributed by atoms with Crippen molar-refractivity contribution in [2.45, 2.75) is 0 Å². The predicted octanol–water partition coefficient (Wildman–Crippen LogP) is 1.46. The minimum atomic E-state index is 0.336. The maximum Gasteiger partial charge on any atom is 0.245 e. The molecule has 1 N–H and O–H groups in total. The van der Waals surface area contributed by atoms with Crippen molar-refractivity contribution in [1.29, 1.82) is 5.26 Å². The maximum atomic E-state index is 8.89. The zero-order chi connectivity index (χ0) is 16.4. The van der Waals surface area contributed by atoms with Crippen molar-refractivity contribution in [3.8, 4) is 6.07 Å². The number of fused-ring (bicyclic) bond motifs is 1. The SMILES string of the molecule is N#Cc1ccc(Nc2nc3nonc3nc2N2CCOCC2)cc1. The highest BCUT2D eigenvalue weighted by atomic mass is 16.6. The van der Waals surface area contributed by atoms with Crippen LogP contribution in [-0.2, 0) is 4.74 Å². The van der Waals surface area contributed by atoms with E-state index in [1.807, 2.05) is 12.1 Å². The normalized spacial score (nSPS) is 14.5. The molecule has 1 aliphatic heterocycles. The molecule has 0 spiro atoms. The third-order valence-electron chi connectivity index (χ3n) is 3.68. The van der Waals surface area contributed by atoms with Crippen LogP contribution in [0, 0.1) is 11.3 Å². The number of nitriles is 1. The average molecular weight is 323 g/mol. The number of ether oxygens (including phenoxy) is 1. The molecule has 1 aromatic carbocycles. The fourth-order valence-electron chi connectivity index (χ4n) is 2.47. The molecule has 0 radical (unpaired) electrons. The van der Waals surface area contributed by atoms with Gasteiger partial charge >= 0.3 is 0 Å². The van der Waals surface area contributed by atoms with Crippen LogP contribution in [0.15, 0.2) is 28.9 Å². The van der Waals surface area contributed by atoms with Crippen molar-refractivity contribution < 1.29 is 9.37 Å². The van der Waals surface area contributed by atoms with Gasteiger partial charge in [0, 0.05) is 18.8 Å². The maximum absolute atomic E-state index is 8.89. The van der Waals surface area contributed by atoms with Crippen LogP contribution in [0.5, 0.6) is 0 Å². The Bertz CT molecular complexity index is 894. The molecule has 4 rings (SSSR count). The van der Waals surface area contributed by atoms with E-state index in [2.05, 4.69) is 36.6 Å². The Morgan fingerprint density at radius 1 is 1.04 bits per heavy atom. The fraction of sp³-hybridized carbons (Fsp3) is 0.267. The number of morpholine rings is 1. The van der Waals surface area contributed by atoms with E-state index in [1.54, 1.807) is 12.1 Å². The van der Waals surface area contributed by atoms with Crippen molar-refractivity contribution in [3.05, 3.63) is 29.8 Å². The highest BCUT2D eigenvalue weighted by Crippen LogP contribution is 2.27. The third kappa shape index (κ3) is 2.70. The molecule has 9 nitrogen and oxygen atoms in total. The highest BCUT2D eigenvalue weighted by molar-refractivity contribution is 5.77. The van der Waals surface area contributed by atoms with Gasteiger partial charge in [-0.3, -0.25) is 0 Å². The van der Waals surface area contributed by atoms with E-state index < -0.39 is 0 Å². The minimum Gasteiger partial charge on any atom is -0.378 e. The lowest BCUT2D eigenvalue weighted by Crippen LogP contribution is -2.37. The quantitative estimate of drug-likeness (QED) is 0.765. The highest BCUT2D eigenvalue weighted by Gasteiger charge is 2.20. The van der Waals surface area contributed by atoms with Gasteiger partial charge in [0.15, 0.2) is 11.6 Å². The molecule has 2 aromatic heterocycles. The lowest BCUT2D eigenvalue weighted by atomic mass is 10.2. The zero-order valence-electron chi connectivity index (χ0n) is 12.6. The molecule has 0 saturated carbocycles. The van der Waals surface area contributed by atoms with E-state index in [4.69, 9.17) is 14.6 Å². The van der Waals surface area contributed by atoms with Crippen LogP contribution in [0.1, 0.15) is 5.56 Å². The number of hydrogen-bond acceptors (Lipinski definition) is 9. The third-order valence-corrected chi connectivity index (χ3v) is 3.68. The van der Waals surface area contributed by atoms with Crippen LogP contribution < -0.4 is 10.2 Å². The molecule has 1 aliphatic rings. The van der Waals surface area contributed by atoms with Crippen molar-refractivity contribution in [3.63, 3.8) is 0 Å². The number of aromatic nitrogens is 4. The van der Waals surface area contributed by atoms with E-state index in [-0.39, 0.29) is 0 Å².